The second kappa shape index (κ2) is 4.78. The molecule has 4 fully saturated rings. The summed E-state index contributed by atoms with van der Waals surface area (Å²) in [6.07, 6.45) is 1.53. The van der Waals surface area contributed by atoms with Crippen LogP contribution in [0.4, 0.5) is 0 Å². The molecule has 1 aromatic carbocycles. The van der Waals surface area contributed by atoms with E-state index in [4.69, 9.17) is 15.2 Å². The van der Waals surface area contributed by atoms with E-state index in [2.05, 4.69) is 10.3 Å². The minimum Gasteiger partial charge on any atom is -0.375 e. The topological polar surface area (TPSA) is 86.5 Å². The lowest BCUT2D eigenvalue weighted by molar-refractivity contribution is -0.206. The number of amides is 1. The lowest BCUT2D eigenvalue weighted by atomic mass is 9.61. The van der Waals surface area contributed by atoms with E-state index in [1.54, 1.807) is 0 Å². The van der Waals surface area contributed by atoms with Crippen LogP contribution in [0.2, 0.25) is 0 Å². The van der Waals surface area contributed by atoms with Crippen LogP contribution in [0.3, 0.4) is 0 Å². The molecule has 2 bridgehead atoms. The molecule has 3 saturated heterocycles. The number of fused-ring (bicyclic) bond motifs is 1. The van der Waals surface area contributed by atoms with E-state index in [1.807, 2.05) is 37.3 Å². The molecule has 3 N–H and O–H groups in total. The zero-order valence-electron chi connectivity index (χ0n) is 14.2. The first-order valence-electron chi connectivity index (χ1n) is 8.67. The van der Waals surface area contributed by atoms with Crippen LogP contribution in [0.1, 0.15) is 28.9 Å². The maximum absolute atomic E-state index is 12.9. The third-order valence-corrected chi connectivity index (χ3v) is 6.02. The van der Waals surface area contributed by atoms with Crippen LogP contribution in [-0.2, 0) is 9.47 Å². The van der Waals surface area contributed by atoms with E-state index in [1.165, 1.54) is 0 Å². The zero-order chi connectivity index (χ0) is 17.3. The van der Waals surface area contributed by atoms with Crippen molar-refractivity contribution in [3.8, 4) is 0 Å². The third-order valence-electron chi connectivity index (χ3n) is 6.02. The van der Waals surface area contributed by atoms with E-state index in [9.17, 15) is 4.79 Å². The monoisotopic (exact) mass is 339 g/mol. The van der Waals surface area contributed by atoms with Crippen molar-refractivity contribution in [3.05, 3.63) is 41.6 Å². The van der Waals surface area contributed by atoms with Gasteiger partial charge in [0.25, 0.3) is 5.91 Å². The van der Waals surface area contributed by atoms with Crippen molar-refractivity contribution in [3.63, 3.8) is 0 Å². The number of carbonyl (C=O) groups is 1. The molecule has 4 heterocycles. The molecule has 1 aromatic heterocycles. The molecule has 0 atom stereocenters. The SMILES string of the molecule is Cc1ccc2cc(C(=O)NC34CC(CN)(C3)OC43COC3)ccc2n1. The van der Waals surface area contributed by atoms with Gasteiger partial charge in [0, 0.05) is 36.0 Å². The normalized spacial score (nSPS) is 31.6. The average molecular weight is 339 g/mol. The molecule has 25 heavy (non-hydrogen) atoms. The summed E-state index contributed by atoms with van der Waals surface area (Å²) < 4.78 is 11.6. The van der Waals surface area contributed by atoms with Gasteiger partial charge in [0.2, 0.25) is 0 Å². The van der Waals surface area contributed by atoms with Crippen molar-refractivity contribution in [2.75, 3.05) is 19.8 Å². The molecule has 1 spiro atoms. The highest BCUT2D eigenvalue weighted by atomic mass is 16.6. The molecule has 1 aliphatic carbocycles. The van der Waals surface area contributed by atoms with E-state index >= 15 is 0 Å². The number of carbonyl (C=O) groups excluding carboxylic acids is 1. The molecule has 6 heteroatoms. The molecular formula is C19H21N3O3. The summed E-state index contributed by atoms with van der Waals surface area (Å²) in [6, 6.07) is 9.57. The molecule has 3 aliphatic heterocycles. The molecule has 1 saturated carbocycles. The number of nitrogens with one attached hydrogen (secondary N) is 1. The summed E-state index contributed by atoms with van der Waals surface area (Å²) in [5.41, 5.74) is 7.34. The number of nitrogens with two attached hydrogens (primary N) is 1. The standard InChI is InChI=1S/C19H21N3O3/c1-12-2-3-13-6-14(4-5-15(13)21-12)16(23)22-18-7-17(8-18,9-20)25-19(18)10-24-11-19/h2-6H,7-11,20H2,1H3,(H,22,23). The number of benzene rings is 1. The summed E-state index contributed by atoms with van der Waals surface area (Å²) >= 11 is 0. The number of aromatic nitrogens is 1. The Kier molecular flexibility index (Phi) is 2.92. The number of hydrogen-bond acceptors (Lipinski definition) is 5. The summed E-state index contributed by atoms with van der Waals surface area (Å²) in [5, 5.41) is 4.21. The Morgan fingerprint density at radius 3 is 2.76 bits per heavy atom. The number of ether oxygens (including phenoxy) is 2. The van der Waals surface area contributed by atoms with Gasteiger partial charge in [0.1, 0.15) is 5.60 Å². The molecule has 6 rings (SSSR count). The van der Waals surface area contributed by atoms with Gasteiger partial charge in [-0.25, -0.2) is 0 Å². The first-order valence-corrected chi connectivity index (χ1v) is 8.67. The molecule has 1 amide bonds. The highest BCUT2D eigenvalue weighted by Gasteiger charge is 2.77. The van der Waals surface area contributed by atoms with Crippen molar-refractivity contribution < 1.29 is 14.3 Å². The van der Waals surface area contributed by atoms with Gasteiger partial charge in [-0.1, -0.05) is 6.07 Å². The van der Waals surface area contributed by atoms with Gasteiger partial charge in [0.05, 0.1) is 29.9 Å². The van der Waals surface area contributed by atoms with Crippen LogP contribution in [0, 0.1) is 6.92 Å². The molecule has 2 aromatic rings. The Labute approximate surface area is 145 Å². The fraction of sp³-hybridized carbons (Fsp3) is 0.474. The highest BCUT2D eigenvalue weighted by molar-refractivity contribution is 5.98. The largest absolute Gasteiger partial charge is 0.375 e. The second-order valence-electron chi connectivity index (χ2n) is 7.73. The molecule has 0 radical (unpaired) electrons. The molecular weight excluding hydrogens is 318 g/mol. The van der Waals surface area contributed by atoms with Crippen LogP contribution in [0.25, 0.3) is 10.9 Å². The summed E-state index contributed by atoms with van der Waals surface area (Å²) in [4.78, 5) is 17.4. The van der Waals surface area contributed by atoms with Crippen molar-refractivity contribution in [1.82, 2.24) is 10.3 Å². The van der Waals surface area contributed by atoms with Crippen LogP contribution in [-0.4, -0.2) is 47.4 Å². The van der Waals surface area contributed by atoms with E-state index in [0.717, 1.165) is 29.4 Å². The Morgan fingerprint density at radius 2 is 2.08 bits per heavy atom. The third kappa shape index (κ3) is 1.96. The van der Waals surface area contributed by atoms with Gasteiger partial charge in [-0.2, -0.15) is 0 Å². The number of nitrogens with zero attached hydrogens (tertiary/aromatic N) is 1. The number of aryl methyl sites for hydroxylation is 1. The van der Waals surface area contributed by atoms with Crippen LogP contribution >= 0.6 is 0 Å². The van der Waals surface area contributed by atoms with Crippen molar-refractivity contribution >= 4 is 16.8 Å². The lowest BCUT2D eigenvalue weighted by Crippen LogP contribution is -2.72. The molecule has 0 unspecified atom stereocenters. The first kappa shape index (κ1) is 15.3. The Bertz CT molecular complexity index is 885. The minimum absolute atomic E-state index is 0.0788. The van der Waals surface area contributed by atoms with Gasteiger partial charge in [0.15, 0.2) is 0 Å². The van der Waals surface area contributed by atoms with Gasteiger partial charge in [-0.3, -0.25) is 9.78 Å². The highest BCUT2D eigenvalue weighted by Crippen LogP contribution is 2.62. The summed E-state index contributed by atoms with van der Waals surface area (Å²) in [5.74, 6) is -0.0788. The number of pyridine rings is 1. The molecule has 4 aliphatic rings. The second-order valence-corrected chi connectivity index (χ2v) is 7.73. The van der Waals surface area contributed by atoms with Crippen molar-refractivity contribution in [2.24, 2.45) is 5.73 Å². The van der Waals surface area contributed by atoms with E-state index < -0.39 is 5.60 Å². The fourth-order valence-corrected chi connectivity index (χ4v) is 4.62. The average Bonchev–Trinajstić information content (AvgIpc) is 3.00. The maximum Gasteiger partial charge on any atom is 0.251 e. The quantitative estimate of drug-likeness (QED) is 0.880. The summed E-state index contributed by atoms with van der Waals surface area (Å²) in [7, 11) is 0. The lowest BCUT2D eigenvalue weighted by Gasteiger charge is -2.51. The Balaban J connectivity index is 1.43. The predicted octanol–water partition coefficient (Wildman–Crippen LogP) is 1.30. The number of hydrogen-bond donors (Lipinski definition) is 2. The fourth-order valence-electron chi connectivity index (χ4n) is 4.62. The Hall–Kier alpha value is -2.02. The summed E-state index contributed by atoms with van der Waals surface area (Å²) in [6.45, 7) is 3.49. The first-order chi connectivity index (χ1) is 12.0. The molecule has 6 nitrogen and oxygen atoms in total. The number of rotatable bonds is 3. The van der Waals surface area contributed by atoms with Gasteiger partial charge in [-0.15, -0.1) is 0 Å². The minimum atomic E-state index is -0.405. The zero-order valence-corrected chi connectivity index (χ0v) is 14.2. The van der Waals surface area contributed by atoms with Crippen LogP contribution < -0.4 is 11.1 Å². The van der Waals surface area contributed by atoms with E-state index in [0.29, 0.717) is 25.3 Å². The van der Waals surface area contributed by atoms with Gasteiger partial charge >= 0.3 is 0 Å². The maximum atomic E-state index is 12.9. The Morgan fingerprint density at radius 1 is 1.28 bits per heavy atom. The van der Waals surface area contributed by atoms with Crippen LogP contribution in [0.5, 0.6) is 0 Å². The van der Waals surface area contributed by atoms with Gasteiger partial charge in [-0.05, 0) is 31.2 Å². The van der Waals surface area contributed by atoms with Crippen molar-refractivity contribution in [2.45, 2.75) is 36.5 Å². The van der Waals surface area contributed by atoms with Crippen LogP contribution in [0.15, 0.2) is 30.3 Å². The van der Waals surface area contributed by atoms with Gasteiger partial charge < -0.3 is 20.5 Å². The van der Waals surface area contributed by atoms with E-state index in [-0.39, 0.29) is 17.0 Å². The smallest absolute Gasteiger partial charge is 0.251 e. The molecule has 130 valence electrons. The predicted molar refractivity (Wildman–Crippen MR) is 92.3 cm³/mol. The van der Waals surface area contributed by atoms with Crippen molar-refractivity contribution in [1.29, 1.82) is 0 Å².